The summed E-state index contributed by atoms with van der Waals surface area (Å²) in [6.45, 7) is 1.71. The van der Waals surface area contributed by atoms with Crippen molar-refractivity contribution in [1.82, 2.24) is 15.2 Å². The lowest BCUT2D eigenvalue weighted by Gasteiger charge is -1.94. The molecule has 5 nitrogen and oxygen atoms in total. The third kappa shape index (κ3) is 1.77. The Balaban J connectivity index is 2.02. The maximum Gasteiger partial charge on any atom is 0.269 e. The van der Waals surface area contributed by atoms with Crippen LogP contribution in [-0.2, 0) is 0 Å². The lowest BCUT2D eigenvalue weighted by molar-refractivity contribution is 0.521. The molecule has 2 heterocycles. The zero-order chi connectivity index (χ0) is 12.5. The van der Waals surface area contributed by atoms with Gasteiger partial charge in [0.2, 0.25) is 0 Å². The van der Waals surface area contributed by atoms with Crippen LogP contribution in [0.5, 0.6) is 0 Å². The van der Waals surface area contributed by atoms with E-state index < -0.39 is 5.82 Å². The highest BCUT2D eigenvalue weighted by Crippen LogP contribution is 2.24. The van der Waals surface area contributed by atoms with Crippen LogP contribution in [0, 0.1) is 12.7 Å². The third-order valence-corrected chi connectivity index (χ3v) is 2.37. The first-order valence-electron chi connectivity index (χ1n) is 5.25. The van der Waals surface area contributed by atoms with Crippen molar-refractivity contribution in [3.8, 4) is 23.0 Å². The van der Waals surface area contributed by atoms with Gasteiger partial charge in [-0.05, 0) is 12.1 Å². The monoisotopic (exact) mass is 245 g/mol. The highest BCUT2D eigenvalue weighted by atomic mass is 19.1. The largest absolute Gasteiger partial charge is 0.448 e. The van der Waals surface area contributed by atoms with Crippen molar-refractivity contribution in [3.05, 3.63) is 42.2 Å². The van der Waals surface area contributed by atoms with Gasteiger partial charge in [0, 0.05) is 6.92 Å². The van der Waals surface area contributed by atoms with Crippen molar-refractivity contribution in [1.29, 1.82) is 0 Å². The first-order valence-corrected chi connectivity index (χ1v) is 5.25. The summed E-state index contributed by atoms with van der Waals surface area (Å²) in [5, 5.41) is 7.61. The number of hydrogen-bond acceptors (Lipinski definition) is 5. The van der Waals surface area contributed by atoms with Gasteiger partial charge in [-0.1, -0.05) is 12.1 Å². The van der Waals surface area contributed by atoms with Crippen molar-refractivity contribution < 1.29 is 13.2 Å². The summed E-state index contributed by atoms with van der Waals surface area (Å²) in [4.78, 5) is 4.05. The molecular formula is C12H8FN3O2. The summed E-state index contributed by atoms with van der Waals surface area (Å²) in [5.74, 6) is 0.397. The minimum Gasteiger partial charge on any atom is -0.448 e. The average molecular weight is 245 g/mol. The number of aryl methyl sites for hydroxylation is 1. The van der Waals surface area contributed by atoms with Crippen LogP contribution in [0.4, 0.5) is 4.39 Å². The van der Waals surface area contributed by atoms with E-state index in [2.05, 4.69) is 15.2 Å². The fourth-order valence-corrected chi connectivity index (χ4v) is 1.53. The van der Waals surface area contributed by atoms with Gasteiger partial charge in [0.1, 0.15) is 12.1 Å². The summed E-state index contributed by atoms with van der Waals surface area (Å²) in [6.07, 6.45) is 1.41. The lowest BCUT2D eigenvalue weighted by Crippen LogP contribution is -1.82. The first-order chi connectivity index (χ1) is 8.74. The predicted molar refractivity (Wildman–Crippen MR) is 59.9 cm³/mol. The second kappa shape index (κ2) is 4.06. The lowest BCUT2D eigenvalue weighted by atomic mass is 10.2. The Labute approximate surface area is 101 Å². The second-order valence-corrected chi connectivity index (χ2v) is 3.64. The van der Waals surface area contributed by atoms with Gasteiger partial charge in [-0.2, -0.15) is 0 Å². The molecule has 0 aliphatic carbocycles. The molecule has 0 radical (unpaired) electrons. The van der Waals surface area contributed by atoms with Crippen molar-refractivity contribution >= 4 is 0 Å². The fourth-order valence-electron chi connectivity index (χ4n) is 1.53. The van der Waals surface area contributed by atoms with Gasteiger partial charge < -0.3 is 8.83 Å². The Hall–Kier alpha value is -2.50. The van der Waals surface area contributed by atoms with E-state index in [0.29, 0.717) is 11.6 Å². The number of hydrogen-bond donors (Lipinski definition) is 0. The average Bonchev–Trinajstić information content (AvgIpc) is 2.98. The molecule has 0 fully saturated rings. The smallest absolute Gasteiger partial charge is 0.269 e. The Bertz CT molecular complexity index is 690. The molecule has 0 aliphatic rings. The second-order valence-electron chi connectivity index (χ2n) is 3.64. The van der Waals surface area contributed by atoms with E-state index >= 15 is 0 Å². The van der Waals surface area contributed by atoms with Gasteiger partial charge in [-0.25, -0.2) is 9.37 Å². The van der Waals surface area contributed by atoms with Crippen LogP contribution >= 0.6 is 0 Å². The van der Waals surface area contributed by atoms with Gasteiger partial charge in [0.25, 0.3) is 11.8 Å². The molecule has 3 aromatic rings. The number of rotatable bonds is 2. The van der Waals surface area contributed by atoms with E-state index in [-0.39, 0.29) is 17.3 Å². The zero-order valence-corrected chi connectivity index (χ0v) is 9.42. The molecular weight excluding hydrogens is 237 g/mol. The molecule has 0 saturated carbocycles. The quantitative estimate of drug-likeness (QED) is 0.694. The molecule has 6 heteroatoms. The number of aromatic nitrogens is 3. The van der Waals surface area contributed by atoms with Crippen LogP contribution in [0.15, 0.2) is 39.4 Å². The molecule has 18 heavy (non-hydrogen) atoms. The molecule has 0 atom stereocenters. The van der Waals surface area contributed by atoms with Crippen LogP contribution < -0.4 is 0 Å². The summed E-state index contributed by atoms with van der Waals surface area (Å²) < 4.78 is 23.9. The zero-order valence-electron chi connectivity index (χ0n) is 9.42. The van der Waals surface area contributed by atoms with Gasteiger partial charge >= 0.3 is 0 Å². The van der Waals surface area contributed by atoms with Crippen molar-refractivity contribution in [2.75, 3.05) is 0 Å². The molecule has 0 saturated heterocycles. The van der Waals surface area contributed by atoms with E-state index in [9.17, 15) is 4.39 Å². The molecule has 0 aliphatic heterocycles. The van der Waals surface area contributed by atoms with Crippen molar-refractivity contribution in [2.45, 2.75) is 6.92 Å². The van der Waals surface area contributed by atoms with Gasteiger partial charge in [0.15, 0.2) is 11.6 Å². The molecule has 2 aromatic heterocycles. The molecule has 0 amide bonds. The molecule has 90 valence electrons. The molecule has 0 unspecified atom stereocenters. The van der Waals surface area contributed by atoms with Crippen LogP contribution in [0.2, 0.25) is 0 Å². The fraction of sp³-hybridized carbons (Fsp3) is 0.0833. The maximum absolute atomic E-state index is 13.5. The van der Waals surface area contributed by atoms with Gasteiger partial charge in [-0.15, -0.1) is 10.2 Å². The number of oxazole rings is 1. The minimum absolute atomic E-state index is 0.115. The van der Waals surface area contributed by atoms with Crippen LogP contribution in [0.3, 0.4) is 0 Å². The van der Waals surface area contributed by atoms with Gasteiger partial charge in [-0.3, -0.25) is 0 Å². The number of nitrogens with zero attached hydrogens (tertiary/aromatic N) is 3. The maximum atomic E-state index is 13.5. The van der Waals surface area contributed by atoms with E-state index in [1.807, 2.05) is 0 Å². The Morgan fingerprint density at radius 3 is 2.61 bits per heavy atom. The van der Waals surface area contributed by atoms with Crippen LogP contribution in [-0.4, -0.2) is 15.2 Å². The van der Waals surface area contributed by atoms with Gasteiger partial charge in [0.05, 0.1) is 5.56 Å². The molecule has 1 aromatic carbocycles. The predicted octanol–water partition coefficient (Wildman–Crippen LogP) is 2.84. The van der Waals surface area contributed by atoms with Crippen LogP contribution in [0.25, 0.3) is 23.0 Å². The summed E-state index contributed by atoms with van der Waals surface area (Å²) in [7, 11) is 0. The number of benzene rings is 1. The van der Waals surface area contributed by atoms with E-state index in [1.54, 1.807) is 25.1 Å². The normalized spacial score (nSPS) is 10.8. The van der Waals surface area contributed by atoms with Crippen LogP contribution in [0.1, 0.15) is 5.89 Å². The first kappa shape index (κ1) is 10.6. The summed E-state index contributed by atoms with van der Waals surface area (Å²) >= 11 is 0. The highest BCUT2D eigenvalue weighted by molar-refractivity contribution is 5.55. The third-order valence-electron chi connectivity index (χ3n) is 2.37. The van der Waals surface area contributed by atoms with E-state index in [1.165, 1.54) is 12.3 Å². The highest BCUT2D eigenvalue weighted by Gasteiger charge is 2.15. The molecule has 0 spiro atoms. The van der Waals surface area contributed by atoms with Crippen molar-refractivity contribution in [3.63, 3.8) is 0 Å². The Morgan fingerprint density at radius 1 is 1.11 bits per heavy atom. The van der Waals surface area contributed by atoms with E-state index in [4.69, 9.17) is 8.83 Å². The Kier molecular flexibility index (Phi) is 2.40. The molecule has 0 bridgehead atoms. The molecule has 3 rings (SSSR count). The minimum atomic E-state index is -0.413. The van der Waals surface area contributed by atoms with E-state index in [0.717, 1.165) is 0 Å². The SMILES string of the molecule is Cc1nc(-c2nnc(-c3ccccc3F)o2)co1. The number of halogens is 1. The summed E-state index contributed by atoms with van der Waals surface area (Å²) in [5.41, 5.74) is 0.694. The molecule has 0 N–H and O–H groups in total. The standard InChI is InChI=1S/C12H8FN3O2/c1-7-14-10(6-17-7)12-16-15-11(18-12)8-4-2-3-5-9(8)13/h2-6H,1H3. The topological polar surface area (TPSA) is 65.0 Å². The Morgan fingerprint density at radius 2 is 1.89 bits per heavy atom. The van der Waals surface area contributed by atoms with Crippen molar-refractivity contribution in [2.24, 2.45) is 0 Å². The summed E-state index contributed by atoms with van der Waals surface area (Å²) in [6, 6.07) is 6.19.